The number of esters is 1. The Hall–Kier alpha value is -19.4. The lowest BCUT2D eigenvalue weighted by molar-refractivity contribution is -0.139. The summed E-state index contributed by atoms with van der Waals surface area (Å²) in [5.74, 6) is -4.38. The second-order valence-electron chi connectivity index (χ2n) is 35.2. The molecule has 0 unspecified atom stereocenters. The van der Waals surface area contributed by atoms with Crippen LogP contribution in [0.3, 0.4) is 0 Å². The van der Waals surface area contributed by atoms with Gasteiger partial charge in [0.2, 0.25) is 5.91 Å². The van der Waals surface area contributed by atoms with Crippen LogP contribution >= 0.6 is 0 Å². The summed E-state index contributed by atoms with van der Waals surface area (Å²) < 4.78 is 88.8. The van der Waals surface area contributed by atoms with Crippen LogP contribution in [-0.4, -0.2) is 139 Å². The van der Waals surface area contributed by atoms with Crippen LogP contribution in [0.15, 0.2) is 325 Å². The van der Waals surface area contributed by atoms with Crippen LogP contribution in [0.4, 0.5) is 22.0 Å². The van der Waals surface area contributed by atoms with E-state index in [0.29, 0.717) is 79.8 Å². The fraction of sp³-hybridized carbons (Fsp3) is 0.0965. The van der Waals surface area contributed by atoms with Gasteiger partial charge in [-0.25, -0.2) is 31.7 Å². The molecule has 0 aliphatic carbocycles. The number of aromatic nitrogens is 12. The van der Waals surface area contributed by atoms with Crippen molar-refractivity contribution in [3.05, 3.63) is 396 Å². The Labute approximate surface area is 835 Å². The largest absolute Gasteiger partial charge is 0.467 e. The van der Waals surface area contributed by atoms with Gasteiger partial charge in [-0.15, -0.1) is 0 Å². The van der Waals surface area contributed by atoms with Gasteiger partial charge in [-0.3, -0.25) is 54.3 Å². The molecule has 148 heavy (non-hydrogen) atoms. The highest BCUT2D eigenvalue weighted by Crippen LogP contribution is 2.39. The van der Waals surface area contributed by atoms with E-state index in [4.69, 9.17) is 19.3 Å². The number of aryl methyl sites for hydroxylation is 1. The predicted octanol–water partition coefficient (Wildman–Crippen LogP) is 20.7. The van der Waals surface area contributed by atoms with E-state index in [-0.39, 0.29) is 93.5 Å². The van der Waals surface area contributed by atoms with Gasteiger partial charge in [-0.05, 0) is 183 Å². The number of ether oxygens (including phenoxy) is 1. The first-order valence-corrected chi connectivity index (χ1v) is 46.9. The molecule has 1 fully saturated rings. The van der Waals surface area contributed by atoms with Gasteiger partial charge in [0.25, 0.3) is 29.5 Å². The average molecular weight is 1980 g/mol. The first kappa shape index (κ1) is 96.1. The normalized spacial score (nSPS) is 12.6. The van der Waals surface area contributed by atoms with Crippen molar-refractivity contribution < 1.29 is 74.2 Å². The van der Waals surface area contributed by atoms with Crippen molar-refractivity contribution in [2.24, 2.45) is 5.73 Å². The number of benzene rings is 15. The minimum absolute atomic E-state index is 0.0848. The number of halogens is 5. The summed E-state index contributed by atoms with van der Waals surface area (Å²) in [6, 6.07) is 88.3. The highest BCUT2D eigenvalue weighted by Gasteiger charge is 2.31. The fourth-order valence-corrected chi connectivity index (χ4v) is 17.7. The molecule has 6 amide bonds. The molecular weight excluding hydrogens is 1890 g/mol. The van der Waals surface area contributed by atoms with Crippen LogP contribution in [0, 0.1) is 36.0 Å². The van der Waals surface area contributed by atoms with Crippen LogP contribution < -0.4 is 32.3 Å². The second-order valence-corrected chi connectivity index (χ2v) is 35.2. The van der Waals surface area contributed by atoms with Gasteiger partial charge in [-0.2, -0.15) is 25.5 Å². The maximum Gasteiger partial charge on any atom is 0.328 e. The van der Waals surface area contributed by atoms with Crippen molar-refractivity contribution in [3.63, 3.8) is 0 Å². The maximum atomic E-state index is 14.8. The Balaban J connectivity index is 0.000000112. The van der Waals surface area contributed by atoms with Crippen LogP contribution in [-0.2, 0) is 33.8 Å². The van der Waals surface area contributed by atoms with E-state index in [1.165, 1.54) is 31.6 Å². The molecule has 734 valence electrons. The van der Waals surface area contributed by atoms with E-state index in [2.05, 4.69) is 87.5 Å². The molecule has 24 rings (SSSR count). The molecule has 8 aromatic heterocycles. The Morgan fingerprint density at radius 3 is 1.05 bits per heavy atom. The zero-order chi connectivity index (χ0) is 102. The lowest BCUT2D eigenvalue weighted by atomic mass is 10.0. The summed E-state index contributed by atoms with van der Waals surface area (Å²) in [5.41, 5.74) is 15.1. The Morgan fingerprint density at radius 1 is 0.405 bits per heavy atom. The van der Waals surface area contributed by atoms with E-state index in [1.54, 1.807) is 54.7 Å². The molecule has 29 nitrogen and oxygen atoms in total. The molecular formula is C114H87F5N18O11. The van der Waals surface area contributed by atoms with Crippen molar-refractivity contribution >= 4 is 150 Å². The number of cyclic esters (lactones) is 1. The number of carbonyl (C=O) groups excluding carboxylic acids is 7. The lowest BCUT2D eigenvalue weighted by Crippen LogP contribution is -2.42. The van der Waals surface area contributed by atoms with Crippen LogP contribution in [0.5, 0.6) is 0 Å². The number of amides is 6. The number of nitrogens with zero attached hydrogens (tertiary/aromatic N) is 6. The fourth-order valence-electron chi connectivity index (χ4n) is 17.7. The average Bonchev–Trinajstić information content (AvgIpc) is 1.63. The standard InChI is InChI=1S/C24H20FN5O2.C24H18FN3O2.C23H16FN3O2.C22H16FN3O3.C21H17FN4O2/c25-21-9-17(24(32)28-19(12-31)10-18-11-26-13-27-18)8-20-22(29-30-23(20)21)16-6-5-14-3-1-2-4-15(14)7-16;1-14-6-9-19(30-14)13-26-24(29)18-11-20-22(27-28-23(20)21(25)12-18)17-8-7-15-4-2-3-5-16(15)10-17;24-20-12-17(23(28)25-13-18-6-3-9-29-18)11-19-21(26-27-22(19)20)16-8-7-14-4-1-2-5-15(14)10-16;23-17-11-15(21(27)24-18-7-8-29-22(18)28)10-16-19(25-26-20(16)17)14-6-5-12-3-1-2-4-13(12)9-14;1-11(20(23)27)24-21(28)15-9-16-18(25-26-19(16)17(22)10-15)14-7-6-12-4-2-3-5-13(12)8-14/h1-9,11,13,19,31H,10,12H2,(H,26,27)(H,28,32)(H,29,30);2-12H,13H2,1H3,(H,26,29)(H,27,28);1-12H,13H2,(H,25,28)(H,26,27);1-6,9-11,18H,7-8H2,(H,24,27)(H,25,26);2-11H,1H3,(H2,23,27)(H,24,28)(H,25,26)/t19-;;;18-;11-/m0..10/s1. The van der Waals surface area contributed by atoms with Gasteiger partial charge in [0.05, 0.1) is 73.4 Å². The molecule has 23 aromatic rings. The van der Waals surface area contributed by atoms with Crippen molar-refractivity contribution in [3.8, 4) is 56.3 Å². The number of imidazole rings is 1. The van der Waals surface area contributed by atoms with Gasteiger partial charge in [0.1, 0.15) is 56.9 Å². The molecule has 15 aromatic carbocycles. The number of aliphatic hydroxyl groups excluding tert-OH is 1. The number of hydrogen-bond donors (Lipinski definition) is 13. The van der Waals surface area contributed by atoms with Crippen LogP contribution in [0.2, 0.25) is 0 Å². The molecule has 0 spiro atoms. The summed E-state index contributed by atoms with van der Waals surface area (Å²) in [6.45, 7) is 3.77. The predicted molar refractivity (Wildman–Crippen MR) is 553 cm³/mol. The Morgan fingerprint density at radius 2 is 0.743 bits per heavy atom. The number of aromatic amines is 6. The minimum atomic E-state index is -0.865. The summed E-state index contributed by atoms with van der Waals surface area (Å²) >= 11 is 0. The number of rotatable bonds is 21. The number of aliphatic hydroxyl groups is 1. The molecule has 0 bridgehead atoms. The Bertz CT molecular complexity index is 9070. The summed E-state index contributed by atoms with van der Waals surface area (Å²) in [5, 5.41) is 71.4. The number of nitrogens with two attached hydrogens (primary N) is 1. The highest BCUT2D eigenvalue weighted by atomic mass is 19.1. The number of primary amides is 1. The quantitative estimate of drug-likeness (QED) is 0.0235. The molecule has 1 aliphatic heterocycles. The molecule has 3 atom stereocenters. The topological polar surface area (TPSA) is 433 Å². The number of carbonyl (C=O) groups is 7. The molecule has 0 saturated carbocycles. The monoisotopic (exact) mass is 1980 g/mol. The van der Waals surface area contributed by atoms with Gasteiger partial charge in [0.15, 0.2) is 29.1 Å². The van der Waals surface area contributed by atoms with Crippen molar-refractivity contribution in [2.75, 3.05) is 13.2 Å². The number of hydrogen-bond acceptors (Lipinski definition) is 17. The highest BCUT2D eigenvalue weighted by molar-refractivity contribution is 6.09. The third kappa shape index (κ3) is 20.7. The van der Waals surface area contributed by atoms with E-state index in [1.807, 2.05) is 225 Å². The minimum Gasteiger partial charge on any atom is -0.467 e. The van der Waals surface area contributed by atoms with Crippen molar-refractivity contribution in [2.45, 2.75) is 57.9 Å². The third-order valence-electron chi connectivity index (χ3n) is 25.4. The first-order chi connectivity index (χ1) is 71.9. The smallest absolute Gasteiger partial charge is 0.328 e. The zero-order valence-corrected chi connectivity index (χ0v) is 78.7. The summed E-state index contributed by atoms with van der Waals surface area (Å²) in [4.78, 5) is 92.6. The van der Waals surface area contributed by atoms with Gasteiger partial charge < -0.3 is 56.0 Å². The molecule has 1 saturated heterocycles. The maximum absolute atomic E-state index is 14.8. The summed E-state index contributed by atoms with van der Waals surface area (Å²) in [6.07, 6.45) is 5.48. The van der Waals surface area contributed by atoms with Gasteiger partial charge >= 0.3 is 5.97 Å². The molecule has 0 radical (unpaired) electrons. The molecule has 9 heterocycles. The third-order valence-corrected chi connectivity index (χ3v) is 25.4. The number of furan rings is 2. The molecule has 34 heteroatoms. The van der Waals surface area contributed by atoms with E-state index < -0.39 is 76.8 Å². The van der Waals surface area contributed by atoms with E-state index >= 15 is 0 Å². The van der Waals surface area contributed by atoms with Gasteiger partial charge in [0, 0.05) is 107 Å². The van der Waals surface area contributed by atoms with Crippen molar-refractivity contribution in [1.82, 2.24) is 87.5 Å². The zero-order valence-electron chi connectivity index (χ0n) is 78.7. The SMILES string of the molecule is C[C@H](NC(=O)c1cc(F)c2n[nH]c(-c3ccc4ccccc4c3)c2c1)C(N)=O.Cc1ccc(CNC(=O)c2cc(F)c3n[nH]c(-c4ccc5ccccc5c4)c3c2)o1.O=C(NCc1ccco1)c1cc(F)c2n[nH]c(-c3ccc4ccccc4c3)c2c1.O=C(N[C@@H]1CCOC1=O)c1cc(F)c2n[nH]c(-c3ccc4ccccc4c3)c2c1.O=C(N[C@H](CO)Cc1cnc[nH]1)c1cc(F)c2n[nH]c(-c3ccc4ccccc4c3)c2c1. The number of nitrogens with one attached hydrogen (secondary N) is 11. The molecule has 1 aliphatic rings. The number of fused-ring (bicyclic) bond motifs is 10. The van der Waals surface area contributed by atoms with E-state index in [9.17, 15) is 60.6 Å². The van der Waals surface area contributed by atoms with E-state index in [0.717, 1.165) is 111 Å². The number of H-pyrrole nitrogens is 6. The van der Waals surface area contributed by atoms with Crippen LogP contribution in [0.25, 0.3) is 165 Å². The second kappa shape index (κ2) is 42.0. The molecule has 14 N–H and O–H groups in total. The van der Waals surface area contributed by atoms with Crippen LogP contribution in [0.1, 0.15) is 88.1 Å². The van der Waals surface area contributed by atoms with Gasteiger partial charge in [-0.1, -0.05) is 182 Å². The first-order valence-electron chi connectivity index (χ1n) is 46.9. The lowest BCUT2D eigenvalue weighted by Gasteiger charge is -2.15. The Kier molecular flexibility index (Phi) is 27.3. The summed E-state index contributed by atoms with van der Waals surface area (Å²) in [7, 11) is 0. The van der Waals surface area contributed by atoms with Crippen molar-refractivity contribution in [1.29, 1.82) is 0 Å².